The normalized spacial score (nSPS) is 50.9. The third kappa shape index (κ3) is 3.04. The van der Waals surface area contributed by atoms with Gasteiger partial charge in [-0.2, -0.15) is 0 Å². The molecular formula is C27H44O3. The second-order valence-electron chi connectivity index (χ2n) is 12.4. The molecule has 1 aliphatic heterocycles. The summed E-state index contributed by atoms with van der Waals surface area (Å²) in [5, 5.41) is 19.7. The summed E-state index contributed by atoms with van der Waals surface area (Å²) in [5.74, 6) is 5.49. The highest BCUT2D eigenvalue weighted by atomic mass is 16.5. The van der Waals surface area contributed by atoms with Crippen molar-refractivity contribution in [3.8, 4) is 0 Å². The fraction of sp³-hybridized carbons (Fsp3) is 0.926. The SMILES string of the molecule is CC1=C(CC[C@@H](C)CO)O[C@H]2C[C@@H]3[C@@H]4CC[C@H]5C[C@@H](O)CC[C@]5(C)[C@H]4CC[C@]3(C)[C@@H]12. The van der Waals surface area contributed by atoms with Gasteiger partial charge in [0.2, 0.25) is 0 Å². The molecule has 1 heterocycles. The van der Waals surface area contributed by atoms with E-state index >= 15 is 0 Å². The maximum atomic E-state index is 10.3. The van der Waals surface area contributed by atoms with Gasteiger partial charge in [0.05, 0.1) is 11.9 Å². The minimum absolute atomic E-state index is 0.0486. The van der Waals surface area contributed by atoms with Crippen LogP contribution in [0.5, 0.6) is 0 Å². The Hall–Kier alpha value is -0.540. The van der Waals surface area contributed by atoms with E-state index in [1.807, 2.05) is 0 Å². The first-order valence-electron chi connectivity index (χ1n) is 12.9. The summed E-state index contributed by atoms with van der Waals surface area (Å²) in [6, 6.07) is 0. The molecule has 4 saturated carbocycles. The molecule has 10 atom stereocenters. The van der Waals surface area contributed by atoms with Gasteiger partial charge in [0.25, 0.3) is 0 Å². The fourth-order valence-corrected chi connectivity index (χ4v) is 9.29. The Morgan fingerprint density at radius 2 is 1.80 bits per heavy atom. The van der Waals surface area contributed by atoms with Crippen molar-refractivity contribution in [2.45, 2.75) is 104 Å². The number of hydrogen-bond acceptors (Lipinski definition) is 3. The van der Waals surface area contributed by atoms with Crippen LogP contribution >= 0.6 is 0 Å². The number of ether oxygens (including phenoxy) is 1. The molecule has 3 heteroatoms. The number of aliphatic hydroxyl groups excluding tert-OH is 2. The summed E-state index contributed by atoms with van der Waals surface area (Å²) >= 11 is 0. The predicted octanol–water partition coefficient (Wildman–Crippen LogP) is 5.70. The van der Waals surface area contributed by atoms with Crippen molar-refractivity contribution < 1.29 is 14.9 Å². The van der Waals surface area contributed by atoms with Crippen LogP contribution in [0.15, 0.2) is 11.3 Å². The molecule has 0 saturated heterocycles. The molecule has 0 amide bonds. The average molecular weight is 417 g/mol. The van der Waals surface area contributed by atoms with Crippen LogP contribution in [0.1, 0.15) is 91.9 Å². The van der Waals surface area contributed by atoms with Gasteiger partial charge in [-0.15, -0.1) is 0 Å². The van der Waals surface area contributed by atoms with Crippen molar-refractivity contribution in [2.24, 2.45) is 46.3 Å². The molecule has 0 bridgehead atoms. The Balaban J connectivity index is 1.36. The van der Waals surface area contributed by atoms with Gasteiger partial charge in [0, 0.05) is 18.9 Å². The van der Waals surface area contributed by atoms with Crippen molar-refractivity contribution in [1.82, 2.24) is 0 Å². The second-order valence-corrected chi connectivity index (χ2v) is 12.4. The highest BCUT2D eigenvalue weighted by Gasteiger charge is 2.64. The third-order valence-electron chi connectivity index (χ3n) is 11.0. The van der Waals surface area contributed by atoms with Crippen molar-refractivity contribution >= 4 is 0 Å². The number of aliphatic hydroxyl groups is 2. The van der Waals surface area contributed by atoms with Gasteiger partial charge in [0.1, 0.15) is 6.10 Å². The van der Waals surface area contributed by atoms with Crippen molar-refractivity contribution in [1.29, 1.82) is 0 Å². The molecule has 0 unspecified atom stereocenters. The van der Waals surface area contributed by atoms with E-state index in [1.54, 1.807) is 0 Å². The third-order valence-corrected chi connectivity index (χ3v) is 11.0. The summed E-state index contributed by atoms with van der Waals surface area (Å²) < 4.78 is 6.64. The second kappa shape index (κ2) is 7.51. The van der Waals surface area contributed by atoms with Crippen LogP contribution in [0.4, 0.5) is 0 Å². The van der Waals surface area contributed by atoms with Crippen molar-refractivity contribution in [3.63, 3.8) is 0 Å². The lowest BCUT2D eigenvalue weighted by Crippen LogP contribution is -2.54. The zero-order chi connectivity index (χ0) is 21.3. The van der Waals surface area contributed by atoms with Crippen LogP contribution in [-0.4, -0.2) is 29.0 Å². The molecular weight excluding hydrogens is 372 g/mol. The predicted molar refractivity (Wildman–Crippen MR) is 120 cm³/mol. The lowest BCUT2D eigenvalue weighted by molar-refractivity contribution is -0.124. The minimum Gasteiger partial charge on any atom is -0.494 e. The zero-order valence-corrected chi connectivity index (χ0v) is 19.7. The molecule has 2 N–H and O–H groups in total. The molecule has 0 aromatic heterocycles. The van der Waals surface area contributed by atoms with Gasteiger partial charge in [-0.05, 0) is 111 Å². The van der Waals surface area contributed by atoms with E-state index in [0.717, 1.165) is 49.4 Å². The molecule has 4 fully saturated rings. The Kier molecular flexibility index (Phi) is 5.33. The first-order chi connectivity index (χ1) is 14.3. The van der Waals surface area contributed by atoms with E-state index in [-0.39, 0.29) is 12.7 Å². The van der Waals surface area contributed by atoms with Crippen molar-refractivity contribution in [3.05, 3.63) is 11.3 Å². The minimum atomic E-state index is -0.0486. The molecule has 4 aliphatic carbocycles. The maximum Gasteiger partial charge on any atom is 0.106 e. The van der Waals surface area contributed by atoms with E-state index in [1.165, 1.54) is 49.9 Å². The van der Waals surface area contributed by atoms with Gasteiger partial charge in [-0.1, -0.05) is 20.8 Å². The Labute approximate surface area is 183 Å². The number of fused-ring (bicyclic) bond motifs is 7. The molecule has 3 nitrogen and oxygen atoms in total. The first kappa shape index (κ1) is 21.3. The van der Waals surface area contributed by atoms with Crippen LogP contribution in [-0.2, 0) is 4.74 Å². The highest BCUT2D eigenvalue weighted by molar-refractivity contribution is 5.26. The Morgan fingerprint density at radius 1 is 1.03 bits per heavy atom. The van der Waals surface area contributed by atoms with Gasteiger partial charge >= 0.3 is 0 Å². The van der Waals surface area contributed by atoms with Crippen LogP contribution in [0.3, 0.4) is 0 Å². The van der Waals surface area contributed by atoms with E-state index in [9.17, 15) is 10.2 Å². The molecule has 0 aromatic rings. The molecule has 170 valence electrons. The highest BCUT2D eigenvalue weighted by Crippen LogP contribution is 2.69. The quantitative estimate of drug-likeness (QED) is 0.618. The summed E-state index contributed by atoms with van der Waals surface area (Å²) in [6.07, 6.45) is 12.4. The van der Waals surface area contributed by atoms with E-state index in [2.05, 4.69) is 27.7 Å². The van der Waals surface area contributed by atoms with Gasteiger partial charge < -0.3 is 14.9 Å². The molecule has 30 heavy (non-hydrogen) atoms. The van der Waals surface area contributed by atoms with Gasteiger partial charge in [0.15, 0.2) is 0 Å². The Morgan fingerprint density at radius 3 is 2.57 bits per heavy atom. The lowest BCUT2D eigenvalue weighted by atomic mass is 9.44. The molecule has 5 aliphatic rings. The molecule has 0 spiro atoms. The summed E-state index contributed by atoms with van der Waals surface area (Å²) in [4.78, 5) is 0. The average Bonchev–Trinajstić information content (AvgIpc) is 3.20. The van der Waals surface area contributed by atoms with Crippen LogP contribution in [0, 0.1) is 46.3 Å². The number of allylic oxidation sites excluding steroid dienone is 1. The topological polar surface area (TPSA) is 49.7 Å². The maximum absolute atomic E-state index is 10.3. The van der Waals surface area contributed by atoms with Crippen LogP contribution < -0.4 is 0 Å². The standard InChI is InChI=1S/C27H44O3/c1-16(15-28)5-8-23-17(2)25-24(30-23)14-22-20-7-6-18-13-19(29)9-11-26(18,3)21(20)10-12-27(22,25)4/h16,18-22,24-25,28-29H,5-15H2,1-4H3/t16-,18+,19+,20-,21+,22-,24+,25+,26+,27+/m1/s1. The van der Waals surface area contributed by atoms with E-state index in [0.29, 0.717) is 28.8 Å². The van der Waals surface area contributed by atoms with Gasteiger partial charge in [-0.25, -0.2) is 0 Å². The Bertz CT molecular complexity index is 700. The fourth-order valence-electron chi connectivity index (χ4n) is 9.29. The monoisotopic (exact) mass is 416 g/mol. The number of hydrogen-bond donors (Lipinski definition) is 2. The molecule has 5 rings (SSSR count). The van der Waals surface area contributed by atoms with Gasteiger partial charge in [-0.3, -0.25) is 0 Å². The van der Waals surface area contributed by atoms with Crippen LogP contribution in [0.25, 0.3) is 0 Å². The summed E-state index contributed by atoms with van der Waals surface area (Å²) in [7, 11) is 0. The molecule has 0 radical (unpaired) electrons. The molecule has 0 aromatic carbocycles. The summed E-state index contributed by atoms with van der Waals surface area (Å²) in [6.45, 7) is 9.94. The van der Waals surface area contributed by atoms with Crippen molar-refractivity contribution in [2.75, 3.05) is 6.61 Å². The summed E-state index contributed by atoms with van der Waals surface area (Å²) in [5.41, 5.74) is 2.39. The smallest absolute Gasteiger partial charge is 0.106 e. The zero-order valence-electron chi connectivity index (χ0n) is 19.7. The van der Waals surface area contributed by atoms with E-state index < -0.39 is 0 Å². The first-order valence-corrected chi connectivity index (χ1v) is 12.9. The van der Waals surface area contributed by atoms with E-state index in [4.69, 9.17) is 4.74 Å². The largest absolute Gasteiger partial charge is 0.494 e. The van der Waals surface area contributed by atoms with Crippen LogP contribution in [0.2, 0.25) is 0 Å². The lowest BCUT2D eigenvalue weighted by Gasteiger charge is -2.60. The number of rotatable bonds is 4.